The van der Waals surface area contributed by atoms with Crippen molar-refractivity contribution in [2.75, 3.05) is 33.4 Å². The molecule has 1 aromatic carbocycles. The summed E-state index contributed by atoms with van der Waals surface area (Å²) in [6.45, 7) is 2.25. The van der Waals surface area contributed by atoms with Gasteiger partial charge in [-0.05, 0) is 18.2 Å². The van der Waals surface area contributed by atoms with Crippen molar-refractivity contribution >= 4 is 5.91 Å². The minimum Gasteiger partial charge on any atom is -0.493 e. The van der Waals surface area contributed by atoms with Crippen LogP contribution < -0.4 is 9.47 Å². The third kappa shape index (κ3) is 3.07. The Morgan fingerprint density at radius 2 is 1.82 bits per heavy atom. The Balaban J connectivity index is 1.72. The van der Waals surface area contributed by atoms with E-state index in [2.05, 4.69) is 0 Å². The van der Waals surface area contributed by atoms with Crippen LogP contribution in [0.25, 0.3) is 0 Å². The fourth-order valence-electron chi connectivity index (χ4n) is 2.22. The Kier molecular flexibility index (Phi) is 4.29. The summed E-state index contributed by atoms with van der Waals surface area (Å²) in [7, 11) is 1.57. The number of carbonyl (C=O) groups is 1. The van der Waals surface area contributed by atoms with Gasteiger partial charge in [-0.2, -0.15) is 0 Å². The predicted molar refractivity (Wildman–Crippen MR) is 78.5 cm³/mol. The summed E-state index contributed by atoms with van der Waals surface area (Å²) in [5.74, 6) is 1.48. The van der Waals surface area contributed by atoms with Crippen molar-refractivity contribution in [3.8, 4) is 17.4 Å². The molecule has 6 heteroatoms. The van der Waals surface area contributed by atoms with Crippen LogP contribution in [-0.4, -0.2) is 44.2 Å². The largest absolute Gasteiger partial charge is 0.493 e. The molecule has 0 radical (unpaired) electrons. The normalized spacial score (nSPS) is 14.7. The third-order valence-corrected chi connectivity index (χ3v) is 3.37. The molecule has 1 saturated heterocycles. The molecule has 1 amide bonds. The maximum absolute atomic E-state index is 12.3. The Morgan fingerprint density at radius 1 is 1.09 bits per heavy atom. The molecule has 2 heterocycles. The average molecular weight is 303 g/mol. The van der Waals surface area contributed by atoms with Gasteiger partial charge in [-0.1, -0.05) is 12.1 Å². The number of rotatable bonds is 4. The van der Waals surface area contributed by atoms with E-state index in [9.17, 15) is 4.79 Å². The minimum absolute atomic E-state index is 0.154. The topological polar surface area (TPSA) is 61.1 Å². The summed E-state index contributed by atoms with van der Waals surface area (Å²) >= 11 is 0. The van der Waals surface area contributed by atoms with Gasteiger partial charge in [0.15, 0.2) is 17.3 Å². The van der Waals surface area contributed by atoms with Crippen LogP contribution in [0.3, 0.4) is 0 Å². The van der Waals surface area contributed by atoms with Gasteiger partial charge in [0.1, 0.15) is 0 Å². The van der Waals surface area contributed by atoms with Crippen LogP contribution >= 0.6 is 0 Å². The molecule has 0 aliphatic carbocycles. The van der Waals surface area contributed by atoms with Gasteiger partial charge in [-0.3, -0.25) is 4.79 Å². The van der Waals surface area contributed by atoms with Crippen LogP contribution in [0.5, 0.6) is 17.4 Å². The lowest BCUT2D eigenvalue weighted by Crippen LogP contribution is -2.40. The van der Waals surface area contributed by atoms with Gasteiger partial charge in [0, 0.05) is 19.2 Å². The predicted octanol–water partition coefficient (Wildman–Crippen LogP) is 2.55. The Hall–Kier alpha value is -2.47. The lowest BCUT2D eigenvalue weighted by Gasteiger charge is -2.25. The third-order valence-electron chi connectivity index (χ3n) is 3.37. The number of hydrogen-bond acceptors (Lipinski definition) is 5. The van der Waals surface area contributed by atoms with Crippen LogP contribution in [0.1, 0.15) is 10.6 Å². The number of benzene rings is 1. The number of morpholine rings is 1. The van der Waals surface area contributed by atoms with E-state index in [-0.39, 0.29) is 17.6 Å². The van der Waals surface area contributed by atoms with E-state index in [4.69, 9.17) is 18.6 Å². The van der Waals surface area contributed by atoms with E-state index in [1.54, 1.807) is 36.3 Å². The highest BCUT2D eigenvalue weighted by molar-refractivity contribution is 5.91. The quantitative estimate of drug-likeness (QED) is 0.868. The van der Waals surface area contributed by atoms with Crippen molar-refractivity contribution < 1.29 is 23.4 Å². The zero-order valence-electron chi connectivity index (χ0n) is 12.3. The van der Waals surface area contributed by atoms with Crippen LogP contribution in [0.2, 0.25) is 0 Å². The molecule has 1 aliphatic heterocycles. The minimum atomic E-state index is -0.154. The van der Waals surface area contributed by atoms with Crippen LogP contribution in [0.4, 0.5) is 0 Å². The Bertz CT molecular complexity index is 645. The van der Waals surface area contributed by atoms with E-state index >= 15 is 0 Å². The van der Waals surface area contributed by atoms with Gasteiger partial charge in [-0.15, -0.1) is 0 Å². The molecular weight excluding hydrogens is 286 g/mol. The maximum atomic E-state index is 12.3. The summed E-state index contributed by atoms with van der Waals surface area (Å²) in [5.41, 5.74) is 0. The summed E-state index contributed by atoms with van der Waals surface area (Å²) in [6, 6.07) is 10.5. The molecular formula is C16H17NO5. The molecule has 0 N–H and O–H groups in total. The molecule has 0 saturated carbocycles. The molecule has 6 nitrogen and oxygen atoms in total. The van der Waals surface area contributed by atoms with Crippen LogP contribution in [-0.2, 0) is 4.74 Å². The van der Waals surface area contributed by atoms with E-state index in [1.807, 2.05) is 12.1 Å². The van der Waals surface area contributed by atoms with Crippen molar-refractivity contribution in [1.82, 2.24) is 4.90 Å². The summed E-state index contributed by atoms with van der Waals surface area (Å²) in [6.07, 6.45) is 0. The SMILES string of the molecule is COc1ccccc1Oc1ccc(C(=O)N2CCOCC2)o1. The number of carbonyl (C=O) groups excluding carboxylic acids is 1. The number of para-hydroxylation sites is 2. The Labute approximate surface area is 128 Å². The van der Waals surface area contributed by atoms with Gasteiger partial charge in [0.05, 0.1) is 20.3 Å². The summed E-state index contributed by atoms with van der Waals surface area (Å²) in [4.78, 5) is 14.0. The number of amides is 1. The van der Waals surface area contributed by atoms with Gasteiger partial charge >= 0.3 is 0 Å². The smallest absolute Gasteiger partial charge is 0.290 e. The first-order valence-electron chi connectivity index (χ1n) is 7.05. The van der Waals surface area contributed by atoms with E-state index in [0.29, 0.717) is 37.8 Å². The van der Waals surface area contributed by atoms with Crippen molar-refractivity contribution in [3.63, 3.8) is 0 Å². The van der Waals surface area contributed by atoms with E-state index in [0.717, 1.165) is 0 Å². The first-order chi connectivity index (χ1) is 10.8. The van der Waals surface area contributed by atoms with E-state index in [1.165, 1.54) is 0 Å². The van der Waals surface area contributed by atoms with E-state index < -0.39 is 0 Å². The number of ether oxygens (including phenoxy) is 3. The lowest BCUT2D eigenvalue weighted by molar-refractivity contribution is 0.0280. The highest BCUT2D eigenvalue weighted by Crippen LogP contribution is 2.32. The molecule has 1 aliphatic rings. The monoisotopic (exact) mass is 303 g/mol. The summed E-state index contributed by atoms with van der Waals surface area (Å²) in [5, 5.41) is 0. The molecule has 1 fully saturated rings. The van der Waals surface area contributed by atoms with Gasteiger partial charge in [0.2, 0.25) is 0 Å². The first-order valence-corrected chi connectivity index (χ1v) is 7.05. The molecule has 0 bridgehead atoms. The van der Waals surface area contributed by atoms with Crippen LogP contribution in [0.15, 0.2) is 40.8 Å². The molecule has 1 aromatic heterocycles. The lowest BCUT2D eigenvalue weighted by atomic mass is 10.3. The second kappa shape index (κ2) is 6.53. The molecule has 2 aromatic rings. The highest BCUT2D eigenvalue weighted by Gasteiger charge is 2.22. The molecule has 0 atom stereocenters. The van der Waals surface area contributed by atoms with Gasteiger partial charge < -0.3 is 23.5 Å². The molecule has 0 spiro atoms. The summed E-state index contributed by atoms with van der Waals surface area (Å²) < 4.78 is 21.6. The standard InChI is InChI=1S/C16H17NO5/c1-19-12-4-2-3-5-13(12)21-15-7-6-14(22-15)16(18)17-8-10-20-11-9-17/h2-7H,8-11H2,1H3. The van der Waals surface area contributed by atoms with Gasteiger partial charge in [-0.25, -0.2) is 0 Å². The molecule has 22 heavy (non-hydrogen) atoms. The second-order valence-corrected chi connectivity index (χ2v) is 4.78. The van der Waals surface area contributed by atoms with Crippen LogP contribution in [0, 0.1) is 0 Å². The molecule has 3 rings (SSSR count). The molecule has 116 valence electrons. The zero-order chi connectivity index (χ0) is 15.4. The number of methoxy groups -OCH3 is 1. The zero-order valence-corrected chi connectivity index (χ0v) is 12.3. The number of furan rings is 1. The van der Waals surface area contributed by atoms with Crippen molar-refractivity contribution in [2.45, 2.75) is 0 Å². The van der Waals surface area contributed by atoms with Crippen molar-refractivity contribution in [3.05, 3.63) is 42.2 Å². The Morgan fingerprint density at radius 3 is 2.55 bits per heavy atom. The first kappa shape index (κ1) is 14.5. The second-order valence-electron chi connectivity index (χ2n) is 4.78. The van der Waals surface area contributed by atoms with Crippen molar-refractivity contribution in [1.29, 1.82) is 0 Å². The average Bonchev–Trinajstić information content (AvgIpc) is 3.04. The molecule has 0 unspecified atom stereocenters. The number of hydrogen-bond donors (Lipinski definition) is 0. The number of nitrogens with zero attached hydrogens (tertiary/aromatic N) is 1. The maximum Gasteiger partial charge on any atom is 0.290 e. The fourth-order valence-corrected chi connectivity index (χ4v) is 2.22. The highest BCUT2D eigenvalue weighted by atomic mass is 16.6. The van der Waals surface area contributed by atoms with Gasteiger partial charge in [0.25, 0.3) is 11.9 Å². The fraction of sp³-hybridized carbons (Fsp3) is 0.312. The van der Waals surface area contributed by atoms with Crippen molar-refractivity contribution in [2.24, 2.45) is 0 Å².